The largest absolute Gasteiger partial charge is 4.00 e. The molecule has 0 atom stereocenters. The van der Waals surface area contributed by atoms with Crippen LogP contribution in [0.3, 0.4) is 0 Å². The molecular formula is C17H35N3Zr. The molecule has 3 nitrogen and oxygen atoms in total. The summed E-state index contributed by atoms with van der Waals surface area (Å²) in [7, 11) is 5.47. The Hall–Kier alpha value is 0.243. The number of hydrogen-bond acceptors (Lipinski definition) is 0. The molecule has 1 aliphatic rings. The normalized spacial score (nSPS) is 11.0. The van der Waals surface area contributed by atoms with E-state index in [9.17, 15) is 0 Å². The van der Waals surface area contributed by atoms with Gasteiger partial charge in [0.15, 0.2) is 0 Å². The van der Waals surface area contributed by atoms with Crippen molar-refractivity contribution in [3.05, 3.63) is 40.3 Å². The topological polar surface area (TPSA) is 42.3 Å². The van der Waals surface area contributed by atoms with Crippen LogP contribution in [0.1, 0.15) is 48.0 Å². The molecule has 0 aromatic heterocycles. The molecule has 122 valence electrons. The van der Waals surface area contributed by atoms with E-state index in [1.165, 1.54) is 0 Å². The fourth-order valence-corrected chi connectivity index (χ4v) is 0.340. The molecule has 0 aromatic carbocycles. The average Bonchev–Trinajstić information content (AvgIpc) is 2.99. The van der Waals surface area contributed by atoms with Gasteiger partial charge in [-0.15, -0.1) is 24.5 Å². The number of hydrogen-bond donors (Lipinski definition) is 0. The number of rotatable bonds is 3. The summed E-state index contributed by atoms with van der Waals surface area (Å²) in [5.74, 6) is 0. The molecule has 0 spiro atoms. The molecule has 0 unspecified atom stereocenters. The first-order valence-electron chi connectivity index (χ1n) is 7.30. The molecular weight excluding hydrogens is 337 g/mol. The van der Waals surface area contributed by atoms with Crippen molar-refractivity contribution in [1.82, 2.24) is 0 Å². The van der Waals surface area contributed by atoms with Crippen molar-refractivity contribution in [2.24, 2.45) is 0 Å². The third-order valence-electron chi connectivity index (χ3n) is 2.14. The van der Waals surface area contributed by atoms with Gasteiger partial charge in [-0.25, -0.2) is 12.2 Å². The van der Waals surface area contributed by atoms with Crippen LogP contribution in [0.25, 0.3) is 16.0 Å². The zero-order valence-corrected chi connectivity index (χ0v) is 18.0. The first kappa shape index (κ1) is 29.3. The van der Waals surface area contributed by atoms with Crippen molar-refractivity contribution in [2.45, 2.75) is 66.1 Å². The Labute approximate surface area is 153 Å². The van der Waals surface area contributed by atoms with Gasteiger partial charge in [0.25, 0.3) is 0 Å². The Morgan fingerprint density at radius 3 is 1.10 bits per heavy atom. The number of allylic oxidation sites excluding steroid dienone is 4. The fraction of sp³-hybridized carbons (Fsp3) is 0.765. The summed E-state index contributed by atoms with van der Waals surface area (Å²) >= 11 is 0. The number of nitrogens with zero attached hydrogens (tertiary/aromatic N) is 3. The standard InChI is InChI=1S/C5H5.3C4H10N.Zr/c1-2-4-5-3-1;3*1-4(2)5-3;/h1-3H,4H2;3*4H,1-3H3;/q4*-1;+4. The predicted molar refractivity (Wildman–Crippen MR) is 94.8 cm³/mol. The zero-order valence-electron chi connectivity index (χ0n) is 15.5. The van der Waals surface area contributed by atoms with E-state index in [1.807, 2.05) is 33.3 Å². The minimum Gasteiger partial charge on any atom is -0.663 e. The van der Waals surface area contributed by atoms with E-state index in [0.717, 1.165) is 6.42 Å². The van der Waals surface area contributed by atoms with Crippen molar-refractivity contribution in [1.29, 1.82) is 0 Å². The van der Waals surface area contributed by atoms with E-state index >= 15 is 0 Å². The van der Waals surface area contributed by atoms with E-state index in [4.69, 9.17) is 0 Å². The molecule has 1 aliphatic carbocycles. The molecule has 0 bridgehead atoms. The van der Waals surface area contributed by atoms with Crippen LogP contribution in [-0.4, -0.2) is 39.3 Å². The van der Waals surface area contributed by atoms with Crippen molar-refractivity contribution in [2.75, 3.05) is 21.1 Å². The maximum Gasteiger partial charge on any atom is 4.00 e. The first-order valence-corrected chi connectivity index (χ1v) is 7.30. The maximum atomic E-state index is 3.89. The Kier molecular flexibility index (Phi) is 35.1. The third-order valence-corrected chi connectivity index (χ3v) is 2.14. The van der Waals surface area contributed by atoms with Crippen LogP contribution < -0.4 is 0 Å². The van der Waals surface area contributed by atoms with E-state index in [1.54, 1.807) is 0 Å². The summed E-state index contributed by atoms with van der Waals surface area (Å²) in [4.78, 5) is 0. The molecule has 21 heavy (non-hydrogen) atoms. The van der Waals surface area contributed by atoms with Gasteiger partial charge in [0, 0.05) is 0 Å². The fourth-order valence-electron chi connectivity index (χ4n) is 0.340. The van der Waals surface area contributed by atoms with Crippen LogP contribution in [0.2, 0.25) is 0 Å². The van der Waals surface area contributed by atoms with Crippen LogP contribution >= 0.6 is 0 Å². The molecule has 0 saturated carbocycles. The summed E-state index contributed by atoms with van der Waals surface area (Å²) in [5.41, 5.74) is 0. The van der Waals surface area contributed by atoms with Crippen LogP contribution in [0.4, 0.5) is 0 Å². The molecule has 4 heteroatoms. The van der Waals surface area contributed by atoms with Crippen LogP contribution in [0.15, 0.2) is 18.2 Å². The minimum absolute atomic E-state index is 0. The predicted octanol–water partition coefficient (Wildman–Crippen LogP) is 5.50. The molecule has 0 fully saturated rings. The molecule has 1 rings (SSSR count). The Morgan fingerprint density at radius 1 is 0.762 bits per heavy atom. The van der Waals surface area contributed by atoms with E-state index in [2.05, 4.69) is 69.6 Å². The van der Waals surface area contributed by atoms with Gasteiger partial charge >= 0.3 is 26.2 Å². The molecule has 0 aliphatic heterocycles. The second-order valence-electron chi connectivity index (χ2n) is 5.06. The molecule has 0 N–H and O–H groups in total. The second-order valence-corrected chi connectivity index (χ2v) is 5.06. The summed E-state index contributed by atoms with van der Waals surface area (Å²) < 4.78 is 0. The van der Waals surface area contributed by atoms with Gasteiger partial charge in [0.05, 0.1) is 0 Å². The summed E-state index contributed by atoms with van der Waals surface area (Å²) in [6.07, 6.45) is 10.0. The van der Waals surface area contributed by atoms with E-state index in [0.29, 0.717) is 18.1 Å². The van der Waals surface area contributed by atoms with Gasteiger partial charge in [0.2, 0.25) is 0 Å². The Balaban J connectivity index is -0.0000000903. The van der Waals surface area contributed by atoms with Gasteiger partial charge in [0.1, 0.15) is 0 Å². The van der Waals surface area contributed by atoms with Crippen molar-refractivity contribution in [3.8, 4) is 0 Å². The zero-order chi connectivity index (χ0) is 16.4. The third kappa shape index (κ3) is 53.3. The smallest absolute Gasteiger partial charge is 0.663 e. The SMILES string of the molecule is C[N-]C(C)C.C[N-]C(C)C.C[N-]C(C)C.[C-]1=CC=CC1.[Zr+4]. The van der Waals surface area contributed by atoms with Crippen molar-refractivity contribution in [3.63, 3.8) is 0 Å². The van der Waals surface area contributed by atoms with E-state index in [-0.39, 0.29) is 26.2 Å². The van der Waals surface area contributed by atoms with Crippen molar-refractivity contribution < 1.29 is 26.2 Å². The van der Waals surface area contributed by atoms with Crippen molar-refractivity contribution >= 4 is 0 Å². The van der Waals surface area contributed by atoms with Gasteiger partial charge in [-0.05, 0) is 0 Å². The summed E-state index contributed by atoms with van der Waals surface area (Å²) in [6, 6.07) is 1.53. The second kappa shape index (κ2) is 25.2. The maximum absolute atomic E-state index is 3.89. The Morgan fingerprint density at radius 2 is 1.05 bits per heavy atom. The molecule has 0 heterocycles. The van der Waals surface area contributed by atoms with Crippen LogP contribution in [-0.2, 0) is 26.2 Å². The van der Waals surface area contributed by atoms with E-state index < -0.39 is 0 Å². The average molecular weight is 373 g/mol. The summed E-state index contributed by atoms with van der Waals surface area (Å²) in [6.45, 7) is 12.3. The van der Waals surface area contributed by atoms with Crippen LogP contribution in [0, 0.1) is 6.08 Å². The first-order chi connectivity index (χ1) is 9.31. The van der Waals surface area contributed by atoms with Gasteiger partial charge < -0.3 is 16.0 Å². The summed E-state index contributed by atoms with van der Waals surface area (Å²) in [5, 5.41) is 11.7. The monoisotopic (exact) mass is 371 g/mol. The molecule has 0 aromatic rings. The van der Waals surface area contributed by atoms with Gasteiger partial charge in [-0.2, -0.15) is 27.2 Å². The van der Waals surface area contributed by atoms with Crippen LogP contribution in [0.5, 0.6) is 0 Å². The molecule has 0 radical (unpaired) electrons. The molecule has 0 amide bonds. The van der Waals surface area contributed by atoms with Gasteiger partial charge in [-0.1, -0.05) is 41.5 Å². The minimum atomic E-state index is 0. The Bertz CT molecular complexity index is 183. The quantitative estimate of drug-likeness (QED) is 0.587. The molecule has 0 saturated heterocycles. The van der Waals surface area contributed by atoms with Gasteiger partial charge in [-0.3, -0.25) is 6.08 Å².